The first kappa shape index (κ1) is 19.0. The fraction of sp³-hybridized carbons (Fsp3) is 0.235. The molecule has 0 aliphatic rings. The molecule has 0 saturated carbocycles. The zero-order valence-corrected chi connectivity index (χ0v) is 16.6. The zero-order valence-electron chi connectivity index (χ0n) is 14.3. The number of hydrogen-bond acceptors (Lipinski definition) is 3. The lowest BCUT2D eigenvalue weighted by molar-refractivity contribution is 0.684. The molecule has 0 spiro atoms. The van der Waals surface area contributed by atoms with Gasteiger partial charge < -0.3 is 15.2 Å². The van der Waals surface area contributed by atoms with Crippen LogP contribution < -0.4 is 10.6 Å². The Morgan fingerprint density at radius 3 is 2.60 bits per heavy atom. The first-order valence-electron chi connectivity index (χ1n) is 7.75. The summed E-state index contributed by atoms with van der Waals surface area (Å²) < 4.78 is 3.84. The summed E-state index contributed by atoms with van der Waals surface area (Å²) in [5, 5.41) is 10.8. The van der Waals surface area contributed by atoms with Crippen molar-refractivity contribution in [1.29, 1.82) is 0 Å². The average molecular weight is 451 g/mol. The van der Waals surface area contributed by atoms with Crippen molar-refractivity contribution in [3.05, 3.63) is 66.5 Å². The van der Waals surface area contributed by atoms with Crippen LogP contribution in [0.1, 0.15) is 11.3 Å². The summed E-state index contributed by atoms with van der Waals surface area (Å²) in [5.74, 6) is 0.747. The van der Waals surface area contributed by atoms with Gasteiger partial charge in [0.15, 0.2) is 5.96 Å². The lowest BCUT2D eigenvalue weighted by Gasteiger charge is -2.14. The highest BCUT2D eigenvalue weighted by Gasteiger charge is 2.05. The predicted octanol–water partition coefficient (Wildman–Crippen LogP) is 2.09. The number of rotatable bonds is 5. The maximum atomic E-state index is 4.27. The van der Waals surface area contributed by atoms with E-state index in [9.17, 15) is 0 Å². The van der Waals surface area contributed by atoms with Gasteiger partial charge in [-0.1, -0.05) is 18.2 Å². The van der Waals surface area contributed by atoms with Gasteiger partial charge in [-0.05, 0) is 17.7 Å². The molecule has 0 saturated heterocycles. The highest BCUT2D eigenvalue weighted by molar-refractivity contribution is 14.0. The van der Waals surface area contributed by atoms with Crippen molar-refractivity contribution in [2.45, 2.75) is 13.1 Å². The summed E-state index contributed by atoms with van der Waals surface area (Å²) in [4.78, 5) is 8.39. The van der Waals surface area contributed by atoms with Crippen molar-refractivity contribution in [2.75, 3.05) is 7.05 Å². The average Bonchev–Trinajstić information content (AvgIpc) is 3.27. The zero-order chi connectivity index (χ0) is 16.8. The molecule has 3 rings (SSSR count). The topological polar surface area (TPSA) is 72.1 Å². The van der Waals surface area contributed by atoms with Gasteiger partial charge in [0.25, 0.3) is 0 Å². The van der Waals surface area contributed by atoms with E-state index in [2.05, 4.69) is 37.8 Å². The van der Waals surface area contributed by atoms with Crippen molar-refractivity contribution >= 4 is 29.9 Å². The number of nitrogens with zero attached hydrogens (tertiary/aromatic N) is 5. The first-order valence-corrected chi connectivity index (χ1v) is 7.75. The van der Waals surface area contributed by atoms with E-state index >= 15 is 0 Å². The molecule has 0 bridgehead atoms. The third kappa shape index (κ3) is 4.81. The Hall–Kier alpha value is -2.36. The lowest BCUT2D eigenvalue weighted by atomic mass is 10.1. The molecule has 0 amide bonds. The molecule has 0 atom stereocenters. The molecule has 0 radical (unpaired) electrons. The first-order chi connectivity index (χ1) is 11.8. The van der Waals surface area contributed by atoms with E-state index in [0.29, 0.717) is 13.1 Å². The van der Waals surface area contributed by atoms with Crippen LogP contribution in [0.2, 0.25) is 0 Å². The number of guanidine groups is 1. The third-order valence-corrected chi connectivity index (χ3v) is 3.80. The lowest BCUT2D eigenvalue weighted by Crippen LogP contribution is -2.36. The quantitative estimate of drug-likeness (QED) is 0.354. The fourth-order valence-electron chi connectivity index (χ4n) is 2.46. The smallest absolute Gasteiger partial charge is 0.191 e. The number of aromatic nitrogens is 4. The number of benzene rings is 1. The Kier molecular flexibility index (Phi) is 6.99. The van der Waals surface area contributed by atoms with Gasteiger partial charge in [-0.2, -0.15) is 5.10 Å². The Labute approximate surface area is 164 Å². The normalized spacial score (nSPS) is 11.0. The summed E-state index contributed by atoms with van der Waals surface area (Å²) >= 11 is 0. The molecule has 0 fully saturated rings. The number of aryl methyl sites for hydroxylation is 1. The standard InChI is InChI=1S/C17H21N7.HI/c1-18-17(21-12-15-7-8-22-23(15)2)20-11-14-5-3-4-6-16(14)24-10-9-19-13-24;/h3-10,13H,11-12H2,1-2H3,(H2,18,20,21);1H. The largest absolute Gasteiger partial charge is 0.352 e. The van der Waals surface area contributed by atoms with Crippen LogP contribution in [0.15, 0.2) is 60.2 Å². The molecular weight excluding hydrogens is 429 g/mol. The van der Waals surface area contributed by atoms with Crippen LogP contribution in [0, 0.1) is 0 Å². The molecule has 132 valence electrons. The maximum Gasteiger partial charge on any atom is 0.191 e. The van der Waals surface area contributed by atoms with Crippen LogP contribution in [-0.2, 0) is 20.1 Å². The van der Waals surface area contributed by atoms with Crippen molar-refractivity contribution in [1.82, 2.24) is 30.0 Å². The van der Waals surface area contributed by atoms with E-state index in [1.807, 2.05) is 40.7 Å². The van der Waals surface area contributed by atoms with Gasteiger partial charge in [0.05, 0.1) is 24.3 Å². The summed E-state index contributed by atoms with van der Waals surface area (Å²) in [6, 6.07) is 10.2. The number of halogens is 1. The molecule has 0 unspecified atom stereocenters. The molecule has 0 aliphatic carbocycles. The van der Waals surface area contributed by atoms with Gasteiger partial charge >= 0.3 is 0 Å². The fourth-order valence-corrected chi connectivity index (χ4v) is 2.46. The number of nitrogens with one attached hydrogen (secondary N) is 2. The van der Waals surface area contributed by atoms with E-state index < -0.39 is 0 Å². The molecule has 2 N–H and O–H groups in total. The van der Waals surface area contributed by atoms with Gasteiger partial charge in [-0.3, -0.25) is 9.67 Å². The highest BCUT2D eigenvalue weighted by Crippen LogP contribution is 2.13. The van der Waals surface area contributed by atoms with Gasteiger partial charge in [0, 0.05) is 39.2 Å². The van der Waals surface area contributed by atoms with E-state index in [1.54, 1.807) is 25.8 Å². The van der Waals surface area contributed by atoms with Crippen molar-refractivity contribution in [3.63, 3.8) is 0 Å². The van der Waals surface area contributed by atoms with Crippen LogP contribution in [0.5, 0.6) is 0 Å². The van der Waals surface area contributed by atoms with E-state index in [1.165, 1.54) is 5.56 Å². The molecule has 2 aromatic heterocycles. The number of hydrogen-bond donors (Lipinski definition) is 2. The molecule has 2 heterocycles. The minimum absolute atomic E-state index is 0. The molecule has 7 nitrogen and oxygen atoms in total. The minimum atomic E-state index is 0. The maximum absolute atomic E-state index is 4.27. The molecule has 25 heavy (non-hydrogen) atoms. The predicted molar refractivity (Wildman–Crippen MR) is 109 cm³/mol. The molecule has 3 aromatic rings. The van der Waals surface area contributed by atoms with Gasteiger partial charge in [0.2, 0.25) is 0 Å². The van der Waals surface area contributed by atoms with Crippen LogP contribution in [0.4, 0.5) is 0 Å². The molecular formula is C17H22IN7. The molecule has 0 aliphatic heterocycles. The van der Waals surface area contributed by atoms with Crippen molar-refractivity contribution in [3.8, 4) is 5.69 Å². The Balaban J connectivity index is 0.00000225. The van der Waals surface area contributed by atoms with E-state index in [0.717, 1.165) is 17.3 Å². The summed E-state index contributed by atoms with van der Waals surface area (Å²) in [6.07, 6.45) is 7.30. The summed E-state index contributed by atoms with van der Waals surface area (Å²) in [5.41, 5.74) is 3.36. The van der Waals surface area contributed by atoms with E-state index in [4.69, 9.17) is 0 Å². The van der Waals surface area contributed by atoms with Crippen LogP contribution in [0.3, 0.4) is 0 Å². The third-order valence-electron chi connectivity index (χ3n) is 3.80. The molecule has 8 heteroatoms. The number of para-hydroxylation sites is 1. The van der Waals surface area contributed by atoms with E-state index in [-0.39, 0.29) is 24.0 Å². The Morgan fingerprint density at radius 1 is 1.12 bits per heavy atom. The number of imidazole rings is 1. The SMILES string of the molecule is CN=C(NCc1ccccc1-n1ccnc1)NCc1ccnn1C.I. The van der Waals surface area contributed by atoms with Gasteiger partial charge in [0.1, 0.15) is 0 Å². The Bertz CT molecular complexity index is 808. The Morgan fingerprint density at radius 2 is 1.92 bits per heavy atom. The second kappa shape index (κ2) is 9.21. The van der Waals surface area contributed by atoms with Crippen LogP contribution in [0.25, 0.3) is 5.69 Å². The van der Waals surface area contributed by atoms with Gasteiger partial charge in [-0.25, -0.2) is 4.98 Å². The molecule has 1 aromatic carbocycles. The number of aliphatic imine (C=N–C) groups is 1. The summed E-state index contributed by atoms with van der Waals surface area (Å²) in [6.45, 7) is 1.33. The highest BCUT2D eigenvalue weighted by atomic mass is 127. The van der Waals surface area contributed by atoms with Gasteiger partial charge in [-0.15, -0.1) is 24.0 Å². The van der Waals surface area contributed by atoms with Crippen LogP contribution in [-0.4, -0.2) is 32.3 Å². The van der Waals surface area contributed by atoms with Crippen molar-refractivity contribution < 1.29 is 0 Å². The second-order valence-electron chi connectivity index (χ2n) is 5.32. The van der Waals surface area contributed by atoms with Crippen molar-refractivity contribution in [2.24, 2.45) is 12.0 Å². The summed E-state index contributed by atoms with van der Waals surface area (Å²) in [7, 11) is 3.69. The minimum Gasteiger partial charge on any atom is -0.352 e. The van der Waals surface area contributed by atoms with Crippen LogP contribution >= 0.6 is 24.0 Å². The monoisotopic (exact) mass is 451 g/mol. The second-order valence-corrected chi connectivity index (χ2v) is 5.32.